The molecular weight excluding hydrogens is 304 g/mol. The van der Waals surface area contributed by atoms with E-state index in [9.17, 15) is 4.79 Å². The molecule has 24 heavy (non-hydrogen) atoms. The van der Waals surface area contributed by atoms with Crippen LogP contribution in [0.25, 0.3) is 21.2 Å². The van der Waals surface area contributed by atoms with Gasteiger partial charge in [-0.05, 0) is 17.0 Å². The van der Waals surface area contributed by atoms with E-state index in [2.05, 4.69) is 10.0 Å². The molecule has 0 saturated heterocycles. The Morgan fingerprint density at radius 3 is 2.62 bits per heavy atom. The summed E-state index contributed by atoms with van der Waals surface area (Å²) in [5.74, 6) is 0.481. The summed E-state index contributed by atoms with van der Waals surface area (Å²) in [7, 11) is 0. The number of azide groups is 1. The summed E-state index contributed by atoms with van der Waals surface area (Å²) in [5, 5.41) is 5.25. The molecule has 6 nitrogen and oxygen atoms in total. The Balaban J connectivity index is 1.98. The van der Waals surface area contributed by atoms with Crippen molar-refractivity contribution in [1.29, 1.82) is 0 Å². The fourth-order valence-electron chi connectivity index (χ4n) is 2.50. The fourth-order valence-corrected chi connectivity index (χ4v) is 2.50. The number of ether oxygens (including phenoxy) is 1. The summed E-state index contributed by atoms with van der Waals surface area (Å²) in [5.41, 5.74) is 9.08. The quantitative estimate of drug-likeness (QED) is 0.228. The standard InChI is InChI=1S/C18H15N4O2/c19-21-20-13-24-18-16-9-5-4-6-14(16)10-11-22(18)12-17(23)15-7-2-1-3-8-15/h1-11H,12-13H2/q+1. The number of benzene rings is 2. The second-order valence-corrected chi connectivity index (χ2v) is 5.13. The Morgan fingerprint density at radius 1 is 1.08 bits per heavy atom. The molecule has 6 heteroatoms. The third-order valence-electron chi connectivity index (χ3n) is 3.62. The first-order chi connectivity index (χ1) is 11.8. The molecule has 3 aromatic rings. The van der Waals surface area contributed by atoms with E-state index in [0.717, 1.165) is 10.8 Å². The minimum absolute atomic E-state index is 0.0236. The third kappa shape index (κ3) is 3.34. The summed E-state index contributed by atoms with van der Waals surface area (Å²) >= 11 is 0. The van der Waals surface area contributed by atoms with Crippen LogP contribution in [0.3, 0.4) is 0 Å². The second-order valence-electron chi connectivity index (χ2n) is 5.13. The topological polar surface area (TPSA) is 78.9 Å². The number of hydrogen-bond donors (Lipinski definition) is 0. The number of aromatic nitrogens is 1. The van der Waals surface area contributed by atoms with Gasteiger partial charge in [0.25, 0.3) is 0 Å². The number of nitrogens with zero attached hydrogens (tertiary/aromatic N) is 4. The van der Waals surface area contributed by atoms with Gasteiger partial charge in [-0.15, -0.1) is 0 Å². The van der Waals surface area contributed by atoms with Crippen molar-refractivity contribution < 1.29 is 14.1 Å². The monoisotopic (exact) mass is 319 g/mol. The maximum atomic E-state index is 12.5. The zero-order valence-electron chi connectivity index (χ0n) is 12.9. The van der Waals surface area contributed by atoms with Crippen molar-refractivity contribution in [2.75, 3.05) is 6.73 Å². The van der Waals surface area contributed by atoms with E-state index in [4.69, 9.17) is 10.3 Å². The number of ketones is 1. The molecule has 0 aliphatic rings. The Bertz CT molecular complexity index is 919. The Kier molecular flexibility index (Phi) is 4.70. The van der Waals surface area contributed by atoms with Gasteiger partial charge in [0.2, 0.25) is 12.3 Å². The minimum Gasteiger partial charge on any atom is -0.438 e. The van der Waals surface area contributed by atoms with E-state index in [1.165, 1.54) is 0 Å². The predicted molar refractivity (Wildman–Crippen MR) is 89.6 cm³/mol. The molecule has 1 heterocycles. The molecular formula is C18H15N4O2+. The highest BCUT2D eigenvalue weighted by atomic mass is 16.5. The second kappa shape index (κ2) is 7.26. The number of carbonyl (C=O) groups is 1. The minimum atomic E-state index is -0.135. The number of rotatable bonds is 6. The van der Waals surface area contributed by atoms with E-state index in [1.54, 1.807) is 22.9 Å². The summed E-state index contributed by atoms with van der Waals surface area (Å²) in [6.07, 6.45) is 1.80. The number of fused-ring (bicyclic) bond motifs is 1. The van der Waals surface area contributed by atoms with E-state index in [-0.39, 0.29) is 19.1 Å². The van der Waals surface area contributed by atoms with Crippen LogP contribution in [0.2, 0.25) is 0 Å². The van der Waals surface area contributed by atoms with Gasteiger partial charge in [-0.25, -0.2) is 0 Å². The van der Waals surface area contributed by atoms with Crippen LogP contribution in [-0.4, -0.2) is 12.5 Å². The Morgan fingerprint density at radius 2 is 1.83 bits per heavy atom. The lowest BCUT2D eigenvalue weighted by atomic mass is 10.1. The van der Waals surface area contributed by atoms with Gasteiger partial charge in [-0.1, -0.05) is 53.6 Å². The summed E-state index contributed by atoms with van der Waals surface area (Å²) in [4.78, 5) is 15.2. The molecule has 0 unspecified atom stereocenters. The maximum Gasteiger partial charge on any atom is 0.376 e. The zero-order chi connectivity index (χ0) is 16.8. The molecule has 0 aliphatic heterocycles. The third-order valence-corrected chi connectivity index (χ3v) is 3.62. The zero-order valence-corrected chi connectivity index (χ0v) is 12.9. The lowest BCUT2D eigenvalue weighted by molar-refractivity contribution is -0.687. The van der Waals surface area contributed by atoms with Gasteiger partial charge in [0, 0.05) is 16.5 Å². The van der Waals surface area contributed by atoms with Crippen molar-refractivity contribution in [3.8, 4) is 5.88 Å². The van der Waals surface area contributed by atoms with Crippen molar-refractivity contribution >= 4 is 16.6 Å². The number of pyridine rings is 1. The molecule has 2 aromatic carbocycles. The van der Waals surface area contributed by atoms with Gasteiger partial charge in [-0.3, -0.25) is 4.79 Å². The molecule has 0 saturated carbocycles. The van der Waals surface area contributed by atoms with Crippen molar-refractivity contribution in [2.24, 2.45) is 5.11 Å². The fraction of sp³-hybridized carbons (Fsp3) is 0.111. The SMILES string of the molecule is [N-]=[N+]=NCOc1c2ccccc2cc[n+]1CC(=O)c1ccccc1. The average Bonchev–Trinajstić information content (AvgIpc) is 2.64. The largest absolute Gasteiger partial charge is 0.438 e. The van der Waals surface area contributed by atoms with Crippen LogP contribution in [0.15, 0.2) is 72.0 Å². The van der Waals surface area contributed by atoms with Crippen molar-refractivity contribution in [3.63, 3.8) is 0 Å². The molecule has 1 aromatic heterocycles. The highest BCUT2D eigenvalue weighted by Crippen LogP contribution is 2.21. The van der Waals surface area contributed by atoms with Crippen LogP contribution in [-0.2, 0) is 6.54 Å². The number of Topliss-reactive ketones (excluding diaryl/α,β-unsaturated/α-hetero) is 1. The van der Waals surface area contributed by atoms with Gasteiger partial charge in [-0.2, -0.15) is 4.57 Å². The van der Waals surface area contributed by atoms with Crippen LogP contribution in [0.5, 0.6) is 5.88 Å². The highest BCUT2D eigenvalue weighted by Gasteiger charge is 2.20. The first kappa shape index (κ1) is 15.5. The lowest BCUT2D eigenvalue weighted by Gasteiger charge is -2.07. The molecule has 0 radical (unpaired) electrons. The van der Waals surface area contributed by atoms with Crippen molar-refractivity contribution in [1.82, 2.24) is 0 Å². The molecule has 0 fully saturated rings. The Hall–Kier alpha value is -3.37. The van der Waals surface area contributed by atoms with Gasteiger partial charge in [0.1, 0.15) is 0 Å². The number of carbonyl (C=O) groups excluding carboxylic acids is 1. The average molecular weight is 319 g/mol. The summed E-state index contributed by atoms with van der Waals surface area (Å²) in [6.45, 7) is 0.00445. The molecule has 0 atom stereocenters. The lowest BCUT2D eigenvalue weighted by Crippen LogP contribution is -2.39. The Labute approximate surface area is 138 Å². The van der Waals surface area contributed by atoms with Crippen LogP contribution in [0, 0.1) is 0 Å². The predicted octanol–water partition coefficient (Wildman–Crippen LogP) is 3.66. The molecule has 118 valence electrons. The summed E-state index contributed by atoms with van der Waals surface area (Å²) in [6, 6.07) is 18.7. The van der Waals surface area contributed by atoms with Gasteiger partial charge in [0.05, 0.1) is 5.39 Å². The molecule has 0 N–H and O–H groups in total. The van der Waals surface area contributed by atoms with Crippen LogP contribution >= 0.6 is 0 Å². The summed E-state index contributed by atoms with van der Waals surface area (Å²) < 4.78 is 7.34. The van der Waals surface area contributed by atoms with E-state index < -0.39 is 0 Å². The number of hydrogen-bond acceptors (Lipinski definition) is 3. The normalized spacial score (nSPS) is 10.2. The molecule has 0 aliphatic carbocycles. The highest BCUT2D eigenvalue weighted by molar-refractivity contribution is 5.95. The van der Waals surface area contributed by atoms with Gasteiger partial charge in [0.15, 0.2) is 12.9 Å². The van der Waals surface area contributed by atoms with E-state index in [1.807, 2.05) is 48.5 Å². The van der Waals surface area contributed by atoms with Crippen molar-refractivity contribution in [3.05, 3.63) is 82.9 Å². The first-order valence-corrected chi connectivity index (χ1v) is 7.42. The first-order valence-electron chi connectivity index (χ1n) is 7.42. The molecule has 0 amide bonds. The molecule has 3 rings (SSSR count). The smallest absolute Gasteiger partial charge is 0.376 e. The van der Waals surface area contributed by atoms with Crippen LogP contribution in [0.1, 0.15) is 10.4 Å². The van der Waals surface area contributed by atoms with Crippen LogP contribution < -0.4 is 9.30 Å². The van der Waals surface area contributed by atoms with E-state index >= 15 is 0 Å². The maximum absolute atomic E-state index is 12.5. The van der Waals surface area contributed by atoms with Gasteiger partial charge < -0.3 is 4.74 Å². The van der Waals surface area contributed by atoms with E-state index in [0.29, 0.717) is 11.4 Å². The molecule has 0 bridgehead atoms. The van der Waals surface area contributed by atoms with Crippen molar-refractivity contribution in [2.45, 2.75) is 6.54 Å². The van der Waals surface area contributed by atoms with Gasteiger partial charge >= 0.3 is 5.88 Å². The van der Waals surface area contributed by atoms with Crippen LogP contribution in [0.4, 0.5) is 0 Å². The molecule has 0 spiro atoms.